The normalized spacial score (nSPS) is 25.1. The maximum absolute atomic E-state index is 9.19. The minimum Gasteiger partial charge on any atom is -0.198 e. The molecule has 0 N–H and O–H groups in total. The number of hydrogen-bond acceptors (Lipinski definition) is 1. The molecule has 0 atom stereocenters. The largest absolute Gasteiger partial charge is 0.198 e. The minimum absolute atomic E-state index is 0.0320. The molecule has 13 heavy (non-hydrogen) atoms. The van der Waals surface area contributed by atoms with Crippen molar-refractivity contribution in [3.8, 4) is 6.07 Å². The molecule has 0 amide bonds. The van der Waals surface area contributed by atoms with Crippen LogP contribution >= 0.6 is 0 Å². The Hall–Kier alpha value is -0.510. The molecule has 0 heterocycles. The molecule has 1 aliphatic carbocycles. The zero-order valence-corrected chi connectivity index (χ0v) is 9.19. The van der Waals surface area contributed by atoms with Crippen molar-refractivity contribution in [2.24, 2.45) is 10.8 Å². The summed E-state index contributed by atoms with van der Waals surface area (Å²) in [4.78, 5) is 0. The van der Waals surface area contributed by atoms with Gasteiger partial charge in [-0.15, -0.1) is 0 Å². The van der Waals surface area contributed by atoms with Gasteiger partial charge in [0.15, 0.2) is 0 Å². The Kier molecular flexibility index (Phi) is 3.01. The molecule has 0 saturated heterocycles. The molecule has 1 fully saturated rings. The third-order valence-electron chi connectivity index (χ3n) is 3.53. The van der Waals surface area contributed by atoms with Gasteiger partial charge in [-0.2, -0.15) is 5.26 Å². The molecular weight excluding hydrogens is 158 g/mol. The fourth-order valence-electron chi connectivity index (χ4n) is 2.30. The number of rotatable bonds is 2. The van der Waals surface area contributed by atoms with Gasteiger partial charge in [-0.25, -0.2) is 0 Å². The van der Waals surface area contributed by atoms with Crippen LogP contribution in [-0.2, 0) is 0 Å². The van der Waals surface area contributed by atoms with Gasteiger partial charge >= 0.3 is 0 Å². The maximum atomic E-state index is 9.19. The molecule has 1 nitrogen and oxygen atoms in total. The van der Waals surface area contributed by atoms with Crippen LogP contribution in [-0.4, -0.2) is 0 Å². The number of hydrogen-bond donors (Lipinski definition) is 0. The highest BCUT2D eigenvalue weighted by Crippen LogP contribution is 2.46. The summed E-state index contributed by atoms with van der Waals surface area (Å²) in [5, 5.41) is 9.19. The highest BCUT2D eigenvalue weighted by molar-refractivity contribution is 5.02. The Balaban J connectivity index is 2.59. The monoisotopic (exact) mass is 179 g/mol. The molecule has 0 aromatic rings. The molecule has 1 saturated carbocycles. The van der Waals surface area contributed by atoms with Crippen molar-refractivity contribution in [1.82, 2.24) is 0 Å². The van der Waals surface area contributed by atoms with Crippen LogP contribution in [0.2, 0.25) is 0 Å². The fourth-order valence-corrected chi connectivity index (χ4v) is 2.30. The van der Waals surface area contributed by atoms with E-state index in [0.717, 1.165) is 25.7 Å². The van der Waals surface area contributed by atoms with E-state index in [9.17, 15) is 5.26 Å². The second-order valence-electron chi connectivity index (χ2n) is 5.31. The molecule has 1 rings (SSSR count). The third kappa shape index (κ3) is 2.46. The van der Waals surface area contributed by atoms with Gasteiger partial charge < -0.3 is 0 Å². The average molecular weight is 179 g/mol. The first-order valence-corrected chi connectivity index (χ1v) is 5.45. The summed E-state index contributed by atoms with van der Waals surface area (Å²) in [6, 6.07) is 2.56. The summed E-state index contributed by atoms with van der Waals surface area (Å²) in [7, 11) is 0. The van der Waals surface area contributed by atoms with Gasteiger partial charge in [0.2, 0.25) is 0 Å². The van der Waals surface area contributed by atoms with Crippen molar-refractivity contribution in [1.29, 1.82) is 5.26 Å². The van der Waals surface area contributed by atoms with Crippen LogP contribution in [0.3, 0.4) is 0 Å². The standard InChI is InChI=1S/C12H21N/c1-4-5-12(10-13)8-6-11(2,3)7-9-12/h4-9H2,1-3H3. The summed E-state index contributed by atoms with van der Waals surface area (Å²) in [6.45, 7) is 6.82. The van der Waals surface area contributed by atoms with E-state index in [-0.39, 0.29) is 5.41 Å². The summed E-state index contributed by atoms with van der Waals surface area (Å²) < 4.78 is 0. The second-order valence-corrected chi connectivity index (χ2v) is 5.31. The van der Waals surface area contributed by atoms with Crippen molar-refractivity contribution in [2.75, 3.05) is 0 Å². The van der Waals surface area contributed by atoms with Crippen molar-refractivity contribution in [3.05, 3.63) is 0 Å². The predicted molar refractivity (Wildman–Crippen MR) is 55.2 cm³/mol. The van der Waals surface area contributed by atoms with Crippen LogP contribution < -0.4 is 0 Å². The van der Waals surface area contributed by atoms with Gasteiger partial charge in [-0.05, 0) is 37.5 Å². The molecule has 0 bridgehead atoms. The van der Waals surface area contributed by atoms with Gasteiger partial charge in [0.1, 0.15) is 0 Å². The van der Waals surface area contributed by atoms with E-state index in [4.69, 9.17) is 0 Å². The van der Waals surface area contributed by atoms with Crippen LogP contribution in [0.15, 0.2) is 0 Å². The quantitative estimate of drug-likeness (QED) is 0.630. The lowest BCUT2D eigenvalue weighted by atomic mass is 9.64. The fraction of sp³-hybridized carbons (Fsp3) is 0.917. The SMILES string of the molecule is CCCC1(C#N)CCC(C)(C)CC1. The molecule has 0 aromatic carbocycles. The topological polar surface area (TPSA) is 23.8 Å². The van der Waals surface area contributed by atoms with Gasteiger partial charge in [-0.3, -0.25) is 0 Å². The van der Waals surface area contributed by atoms with E-state index in [1.54, 1.807) is 0 Å². The molecule has 0 unspecified atom stereocenters. The molecule has 74 valence electrons. The molecule has 0 aromatic heterocycles. The first kappa shape index (κ1) is 10.6. The first-order chi connectivity index (χ1) is 6.04. The number of nitrogens with zero attached hydrogens (tertiary/aromatic N) is 1. The van der Waals surface area contributed by atoms with Crippen LogP contribution in [0, 0.1) is 22.2 Å². The predicted octanol–water partition coefficient (Wildman–Crippen LogP) is 3.90. The van der Waals surface area contributed by atoms with E-state index >= 15 is 0 Å². The Morgan fingerprint density at radius 2 is 1.69 bits per heavy atom. The van der Waals surface area contributed by atoms with E-state index < -0.39 is 0 Å². The smallest absolute Gasteiger partial charge is 0.0689 e. The van der Waals surface area contributed by atoms with E-state index in [2.05, 4.69) is 26.8 Å². The molecule has 0 aliphatic heterocycles. The van der Waals surface area contributed by atoms with Crippen molar-refractivity contribution in [2.45, 2.75) is 59.3 Å². The van der Waals surface area contributed by atoms with Crippen molar-refractivity contribution < 1.29 is 0 Å². The number of nitriles is 1. The molecular formula is C12H21N. The average Bonchev–Trinajstić information content (AvgIpc) is 2.10. The molecule has 0 spiro atoms. The molecule has 1 aliphatic rings. The zero-order chi connectivity index (χ0) is 9.95. The van der Waals surface area contributed by atoms with E-state index in [1.165, 1.54) is 12.8 Å². The lowest BCUT2D eigenvalue weighted by Crippen LogP contribution is -2.29. The first-order valence-electron chi connectivity index (χ1n) is 5.45. The van der Waals surface area contributed by atoms with Crippen molar-refractivity contribution >= 4 is 0 Å². The summed E-state index contributed by atoms with van der Waals surface area (Å²) in [5.74, 6) is 0. The summed E-state index contributed by atoms with van der Waals surface area (Å²) >= 11 is 0. The van der Waals surface area contributed by atoms with Gasteiger partial charge in [0.25, 0.3) is 0 Å². The third-order valence-corrected chi connectivity index (χ3v) is 3.53. The lowest BCUT2D eigenvalue weighted by Gasteiger charge is -2.39. The highest BCUT2D eigenvalue weighted by atomic mass is 14.4. The minimum atomic E-state index is 0.0320. The molecule has 1 heteroatoms. The van der Waals surface area contributed by atoms with Gasteiger partial charge in [0.05, 0.1) is 11.5 Å². The zero-order valence-electron chi connectivity index (χ0n) is 9.19. The van der Waals surface area contributed by atoms with Crippen molar-refractivity contribution in [3.63, 3.8) is 0 Å². The second kappa shape index (κ2) is 3.70. The van der Waals surface area contributed by atoms with Crippen LogP contribution in [0.4, 0.5) is 0 Å². The van der Waals surface area contributed by atoms with Gasteiger partial charge in [-0.1, -0.05) is 27.2 Å². The Labute approximate surface area is 82.1 Å². The van der Waals surface area contributed by atoms with E-state index in [1.807, 2.05) is 0 Å². The van der Waals surface area contributed by atoms with E-state index in [0.29, 0.717) is 5.41 Å². The highest BCUT2D eigenvalue weighted by Gasteiger charge is 2.37. The summed E-state index contributed by atoms with van der Waals surface area (Å²) in [5.41, 5.74) is 0.512. The Morgan fingerprint density at radius 3 is 2.08 bits per heavy atom. The Morgan fingerprint density at radius 1 is 1.15 bits per heavy atom. The lowest BCUT2D eigenvalue weighted by molar-refractivity contribution is 0.137. The van der Waals surface area contributed by atoms with Gasteiger partial charge in [0, 0.05) is 0 Å². The van der Waals surface area contributed by atoms with Crippen LogP contribution in [0.25, 0.3) is 0 Å². The maximum Gasteiger partial charge on any atom is 0.0689 e. The molecule has 0 radical (unpaired) electrons. The van der Waals surface area contributed by atoms with Crippen LogP contribution in [0.5, 0.6) is 0 Å². The Bertz CT molecular complexity index is 200. The summed E-state index contributed by atoms with van der Waals surface area (Å²) in [6.07, 6.45) is 6.92. The van der Waals surface area contributed by atoms with Crippen LogP contribution in [0.1, 0.15) is 59.3 Å².